The Kier molecular flexibility index (Phi) is 8.14. The third-order valence-corrected chi connectivity index (χ3v) is 8.06. The Morgan fingerprint density at radius 2 is 1.76 bits per heavy atom. The van der Waals surface area contributed by atoms with E-state index < -0.39 is 27.4 Å². The van der Waals surface area contributed by atoms with E-state index in [1.54, 1.807) is 54.7 Å². The summed E-state index contributed by atoms with van der Waals surface area (Å²) in [4.78, 5) is 31.5. The van der Waals surface area contributed by atoms with Crippen molar-refractivity contribution in [2.75, 3.05) is 45.2 Å². The molecular weight excluding hydrogens is 510 g/mol. The van der Waals surface area contributed by atoms with E-state index >= 15 is 0 Å². The van der Waals surface area contributed by atoms with E-state index in [1.807, 2.05) is 13.8 Å². The van der Waals surface area contributed by atoms with Crippen LogP contribution in [0.2, 0.25) is 0 Å². The van der Waals surface area contributed by atoms with Crippen molar-refractivity contribution in [3.63, 3.8) is 0 Å². The van der Waals surface area contributed by atoms with Crippen LogP contribution in [-0.4, -0.2) is 79.8 Å². The maximum atomic E-state index is 12.9. The Balaban J connectivity index is 1.30. The van der Waals surface area contributed by atoms with E-state index in [0.29, 0.717) is 55.5 Å². The van der Waals surface area contributed by atoms with Crippen molar-refractivity contribution < 1.29 is 27.2 Å². The van der Waals surface area contributed by atoms with E-state index in [-0.39, 0.29) is 4.90 Å². The SMILES string of the molecule is COc1cc(NC(=O)C(=O)NC(C)(C)CN2CCN(S(=O)(=O)c3ccccc3)CC2)ccc1-c1cnco1. The van der Waals surface area contributed by atoms with Crippen LogP contribution in [-0.2, 0) is 19.6 Å². The predicted molar refractivity (Wildman–Crippen MR) is 141 cm³/mol. The average molecular weight is 542 g/mol. The maximum Gasteiger partial charge on any atom is 0.313 e. The first-order valence-electron chi connectivity index (χ1n) is 12.1. The number of benzene rings is 2. The van der Waals surface area contributed by atoms with Crippen molar-refractivity contribution in [2.24, 2.45) is 0 Å². The maximum absolute atomic E-state index is 12.9. The highest BCUT2D eigenvalue weighted by Gasteiger charge is 2.32. The number of piperazine rings is 1. The molecule has 0 radical (unpaired) electrons. The standard InChI is InChI=1S/C26H31N5O6S/c1-26(2,17-30-11-13-31(14-12-30)38(34,35)20-7-5-4-6-8-20)29-25(33)24(32)28-19-9-10-21(22(15-19)36-3)23-16-27-18-37-23/h4-10,15-16,18H,11-14,17H2,1-3H3,(H,28,32)(H,29,33). The van der Waals surface area contributed by atoms with Crippen LogP contribution in [0.1, 0.15) is 13.8 Å². The van der Waals surface area contributed by atoms with Crippen LogP contribution in [0.3, 0.4) is 0 Å². The van der Waals surface area contributed by atoms with Gasteiger partial charge in [0.05, 0.1) is 23.8 Å². The summed E-state index contributed by atoms with van der Waals surface area (Å²) in [7, 11) is -2.05. The first-order chi connectivity index (χ1) is 18.1. The van der Waals surface area contributed by atoms with E-state index in [2.05, 4.69) is 20.5 Å². The van der Waals surface area contributed by atoms with Crippen LogP contribution in [0, 0.1) is 0 Å². The number of aromatic nitrogens is 1. The molecule has 11 nitrogen and oxygen atoms in total. The van der Waals surface area contributed by atoms with Gasteiger partial charge in [-0.25, -0.2) is 13.4 Å². The number of hydrogen-bond donors (Lipinski definition) is 2. The van der Waals surface area contributed by atoms with Gasteiger partial charge in [-0.3, -0.25) is 14.5 Å². The van der Waals surface area contributed by atoms with Gasteiger partial charge in [-0.1, -0.05) is 18.2 Å². The summed E-state index contributed by atoms with van der Waals surface area (Å²) < 4.78 is 37.9. The van der Waals surface area contributed by atoms with E-state index in [4.69, 9.17) is 9.15 Å². The Morgan fingerprint density at radius 3 is 2.39 bits per heavy atom. The summed E-state index contributed by atoms with van der Waals surface area (Å²) in [5.74, 6) is -0.628. The van der Waals surface area contributed by atoms with Gasteiger partial charge in [0.15, 0.2) is 12.2 Å². The molecule has 1 aliphatic heterocycles. The zero-order valence-electron chi connectivity index (χ0n) is 21.5. The second-order valence-corrected chi connectivity index (χ2v) is 11.5. The third-order valence-electron chi connectivity index (χ3n) is 6.15. The van der Waals surface area contributed by atoms with Crippen molar-refractivity contribution in [3.05, 3.63) is 61.1 Å². The van der Waals surface area contributed by atoms with Gasteiger partial charge >= 0.3 is 11.8 Å². The summed E-state index contributed by atoms with van der Waals surface area (Å²) >= 11 is 0. The molecule has 0 atom stereocenters. The molecule has 202 valence electrons. The van der Waals surface area contributed by atoms with Gasteiger partial charge in [0.2, 0.25) is 10.0 Å². The highest BCUT2D eigenvalue weighted by molar-refractivity contribution is 7.89. The van der Waals surface area contributed by atoms with Crippen LogP contribution in [0.4, 0.5) is 5.69 Å². The molecule has 2 N–H and O–H groups in total. The number of amides is 2. The molecule has 0 aliphatic carbocycles. The van der Waals surface area contributed by atoms with Gasteiger partial charge in [-0.2, -0.15) is 4.31 Å². The van der Waals surface area contributed by atoms with Crippen LogP contribution >= 0.6 is 0 Å². The van der Waals surface area contributed by atoms with Crippen molar-refractivity contribution >= 4 is 27.5 Å². The first-order valence-corrected chi connectivity index (χ1v) is 13.5. The van der Waals surface area contributed by atoms with Crippen LogP contribution in [0.5, 0.6) is 5.75 Å². The fourth-order valence-electron chi connectivity index (χ4n) is 4.34. The van der Waals surface area contributed by atoms with Gasteiger partial charge in [-0.15, -0.1) is 0 Å². The average Bonchev–Trinajstić information content (AvgIpc) is 3.43. The highest BCUT2D eigenvalue weighted by Crippen LogP contribution is 2.32. The van der Waals surface area contributed by atoms with Crippen molar-refractivity contribution in [1.29, 1.82) is 0 Å². The third kappa shape index (κ3) is 6.39. The lowest BCUT2D eigenvalue weighted by Gasteiger charge is -2.38. The molecule has 1 saturated heterocycles. The molecular formula is C26H31N5O6S. The fraction of sp³-hybridized carbons (Fsp3) is 0.346. The topological polar surface area (TPSA) is 134 Å². The lowest BCUT2D eigenvalue weighted by atomic mass is 10.0. The van der Waals surface area contributed by atoms with Crippen LogP contribution in [0.25, 0.3) is 11.3 Å². The number of nitrogens with one attached hydrogen (secondary N) is 2. The number of oxazole rings is 1. The summed E-state index contributed by atoms with van der Waals surface area (Å²) in [6, 6.07) is 13.3. The number of ether oxygens (including phenoxy) is 1. The molecule has 0 saturated carbocycles. The number of hydrogen-bond acceptors (Lipinski definition) is 8. The zero-order valence-corrected chi connectivity index (χ0v) is 22.3. The summed E-state index contributed by atoms with van der Waals surface area (Å²) in [5.41, 5.74) is 0.312. The Bertz CT molecular complexity index is 1370. The van der Waals surface area contributed by atoms with Gasteiger partial charge in [0.25, 0.3) is 0 Å². The molecule has 12 heteroatoms. The number of rotatable bonds is 8. The number of methoxy groups -OCH3 is 1. The number of nitrogens with zero attached hydrogens (tertiary/aromatic N) is 3. The minimum Gasteiger partial charge on any atom is -0.496 e. The van der Waals surface area contributed by atoms with E-state index in [1.165, 1.54) is 17.8 Å². The van der Waals surface area contributed by atoms with E-state index in [9.17, 15) is 18.0 Å². The minimum atomic E-state index is -3.54. The monoisotopic (exact) mass is 541 g/mol. The lowest BCUT2D eigenvalue weighted by Crippen LogP contribution is -2.57. The van der Waals surface area contributed by atoms with Gasteiger partial charge in [0.1, 0.15) is 5.75 Å². The van der Waals surface area contributed by atoms with Gasteiger partial charge in [-0.05, 0) is 38.1 Å². The largest absolute Gasteiger partial charge is 0.496 e. The van der Waals surface area contributed by atoms with E-state index in [0.717, 1.165) is 0 Å². The lowest BCUT2D eigenvalue weighted by molar-refractivity contribution is -0.137. The molecule has 0 bridgehead atoms. The number of anilines is 1. The Hall–Kier alpha value is -3.74. The number of carbonyl (C=O) groups is 2. The second kappa shape index (κ2) is 11.3. The molecule has 3 aromatic rings. The van der Waals surface area contributed by atoms with Crippen molar-refractivity contribution in [1.82, 2.24) is 19.5 Å². The van der Waals surface area contributed by atoms with Crippen molar-refractivity contribution in [3.8, 4) is 17.1 Å². The van der Waals surface area contributed by atoms with Crippen molar-refractivity contribution in [2.45, 2.75) is 24.3 Å². The Morgan fingerprint density at radius 1 is 1.05 bits per heavy atom. The quantitative estimate of drug-likeness (QED) is 0.415. The van der Waals surface area contributed by atoms with Gasteiger partial charge < -0.3 is 19.8 Å². The normalized spacial score (nSPS) is 15.1. The van der Waals surface area contributed by atoms with Crippen LogP contribution < -0.4 is 15.4 Å². The number of sulfonamides is 1. The molecule has 0 spiro atoms. The minimum absolute atomic E-state index is 0.275. The molecule has 1 aliphatic rings. The molecule has 0 unspecified atom stereocenters. The highest BCUT2D eigenvalue weighted by atomic mass is 32.2. The predicted octanol–water partition coefficient (Wildman–Crippen LogP) is 2.19. The molecule has 4 rings (SSSR count). The molecule has 1 fully saturated rings. The second-order valence-electron chi connectivity index (χ2n) is 9.57. The summed E-state index contributed by atoms with van der Waals surface area (Å²) in [6.45, 7) is 5.79. The Labute approximate surface area is 221 Å². The molecule has 38 heavy (non-hydrogen) atoms. The van der Waals surface area contributed by atoms with Crippen LogP contribution in [0.15, 0.2) is 70.4 Å². The molecule has 2 amide bonds. The smallest absolute Gasteiger partial charge is 0.313 e. The first kappa shape index (κ1) is 27.3. The molecule has 1 aromatic heterocycles. The molecule has 2 heterocycles. The summed E-state index contributed by atoms with van der Waals surface area (Å²) in [6.07, 6.45) is 2.86. The van der Waals surface area contributed by atoms with Gasteiger partial charge in [0, 0.05) is 50.0 Å². The number of carbonyl (C=O) groups excluding carboxylic acids is 2. The fourth-order valence-corrected chi connectivity index (χ4v) is 5.78. The molecule has 2 aromatic carbocycles. The summed E-state index contributed by atoms with van der Waals surface area (Å²) in [5, 5.41) is 5.36. The zero-order chi connectivity index (χ0) is 27.3.